The Balaban J connectivity index is 2.73. The van der Waals surface area contributed by atoms with Crippen molar-refractivity contribution in [1.82, 2.24) is 9.97 Å². The molecule has 0 aliphatic heterocycles. The lowest BCUT2D eigenvalue weighted by molar-refractivity contribution is 0.0593. The number of methoxy groups -OCH3 is 1. The summed E-state index contributed by atoms with van der Waals surface area (Å²) in [5, 5.41) is 0. The normalized spacial score (nSPS) is 9.86. The Hall–Kier alpha value is -1.49. The van der Waals surface area contributed by atoms with Crippen LogP contribution in [0.25, 0.3) is 0 Å². The van der Waals surface area contributed by atoms with Gasteiger partial charge in [-0.2, -0.15) is 0 Å². The van der Waals surface area contributed by atoms with Gasteiger partial charge in [0.2, 0.25) is 0 Å². The summed E-state index contributed by atoms with van der Waals surface area (Å²) in [5.41, 5.74) is 0.916. The molecule has 0 amide bonds. The highest BCUT2D eigenvalue weighted by Gasteiger charge is 2.07. The monoisotopic (exact) mass is 196 g/mol. The molecular formula is C9H12N2O3. The zero-order valence-corrected chi connectivity index (χ0v) is 8.19. The lowest BCUT2D eigenvalue weighted by Gasteiger charge is -2.02. The molecule has 0 fully saturated rings. The summed E-state index contributed by atoms with van der Waals surface area (Å²) in [6.45, 7) is 2.88. The van der Waals surface area contributed by atoms with Crippen LogP contribution in [0.1, 0.15) is 23.1 Å². The van der Waals surface area contributed by atoms with Crippen LogP contribution in [-0.2, 0) is 16.1 Å². The van der Waals surface area contributed by atoms with Crippen molar-refractivity contribution >= 4 is 5.97 Å². The number of carbonyl (C=O) groups is 1. The van der Waals surface area contributed by atoms with Gasteiger partial charge in [-0.3, -0.25) is 0 Å². The van der Waals surface area contributed by atoms with Crippen molar-refractivity contribution < 1.29 is 14.3 Å². The van der Waals surface area contributed by atoms with E-state index in [0.29, 0.717) is 18.9 Å². The number of hydrogen-bond donors (Lipinski definition) is 0. The number of carbonyl (C=O) groups excluding carboxylic acids is 1. The third kappa shape index (κ3) is 2.77. The molecule has 1 heterocycles. The van der Waals surface area contributed by atoms with E-state index in [2.05, 4.69) is 14.7 Å². The summed E-state index contributed by atoms with van der Waals surface area (Å²) < 4.78 is 9.67. The first-order valence-corrected chi connectivity index (χ1v) is 4.25. The Labute approximate surface area is 82.1 Å². The summed E-state index contributed by atoms with van der Waals surface area (Å²) in [7, 11) is 1.31. The van der Waals surface area contributed by atoms with Gasteiger partial charge >= 0.3 is 5.97 Å². The molecule has 1 rings (SSSR count). The second-order valence-electron chi connectivity index (χ2n) is 2.52. The lowest BCUT2D eigenvalue weighted by atomic mass is 10.3. The van der Waals surface area contributed by atoms with Crippen molar-refractivity contribution in [2.24, 2.45) is 0 Å². The zero-order valence-electron chi connectivity index (χ0n) is 8.19. The molecule has 0 unspecified atom stereocenters. The molecule has 14 heavy (non-hydrogen) atoms. The molecule has 0 aliphatic carbocycles. The van der Waals surface area contributed by atoms with Gasteiger partial charge in [0.05, 0.1) is 19.4 Å². The fourth-order valence-electron chi connectivity index (χ4n) is 0.899. The predicted octanol–water partition coefficient (Wildman–Crippen LogP) is 0.800. The molecule has 5 nitrogen and oxygen atoms in total. The molecule has 0 N–H and O–H groups in total. The quantitative estimate of drug-likeness (QED) is 0.666. The van der Waals surface area contributed by atoms with Crippen molar-refractivity contribution in [3.63, 3.8) is 0 Å². The molecule has 76 valence electrons. The number of nitrogens with zero attached hydrogens (tertiary/aromatic N) is 2. The fourth-order valence-corrected chi connectivity index (χ4v) is 0.899. The van der Waals surface area contributed by atoms with Crippen molar-refractivity contribution in [2.75, 3.05) is 13.7 Å². The first-order chi connectivity index (χ1) is 6.77. The molecule has 0 radical (unpaired) electrons. The maximum atomic E-state index is 11.1. The van der Waals surface area contributed by atoms with Gasteiger partial charge in [0, 0.05) is 6.61 Å². The number of esters is 1. The minimum atomic E-state index is -0.467. The van der Waals surface area contributed by atoms with Crippen molar-refractivity contribution in [1.29, 1.82) is 0 Å². The largest absolute Gasteiger partial charge is 0.464 e. The third-order valence-electron chi connectivity index (χ3n) is 1.57. The van der Waals surface area contributed by atoms with Crippen LogP contribution in [0.3, 0.4) is 0 Å². The lowest BCUT2D eigenvalue weighted by Crippen LogP contribution is -2.06. The van der Waals surface area contributed by atoms with Crippen molar-refractivity contribution in [3.8, 4) is 0 Å². The molecule has 0 saturated carbocycles. The van der Waals surface area contributed by atoms with Gasteiger partial charge in [-0.1, -0.05) is 0 Å². The summed E-state index contributed by atoms with van der Waals surface area (Å²) in [5.74, 6) is -0.467. The second kappa shape index (κ2) is 5.29. The first kappa shape index (κ1) is 10.6. The zero-order chi connectivity index (χ0) is 10.4. The highest BCUT2D eigenvalue weighted by Crippen LogP contribution is 2.01. The van der Waals surface area contributed by atoms with Crippen LogP contribution in [0.2, 0.25) is 0 Å². The Morgan fingerprint density at radius 1 is 1.50 bits per heavy atom. The average Bonchev–Trinajstić information content (AvgIpc) is 2.25. The van der Waals surface area contributed by atoms with E-state index in [1.165, 1.54) is 13.4 Å². The summed E-state index contributed by atoms with van der Waals surface area (Å²) in [6, 6.07) is 1.56. The third-order valence-corrected chi connectivity index (χ3v) is 1.57. The van der Waals surface area contributed by atoms with Crippen LogP contribution in [0.4, 0.5) is 0 Å². The summed E-state index contributed by atoms with van der Waals surface area (Å²) in [6.07, 6.45) is 1.32. The molecule has 0 saturated heterocycles. The van der Waals surface area contributed by atoms with Crippen molar-refractivity contribution in [3.05, 3.63) is 23.8 Å². The molecule has 0 bridgehead atoms. The highest BCUT2D eigenvalue weighted by molar-refractivity contribution is 5.87. The van der Waals surface area contributed by atoms with Crippen LogP contribution < -0.4 is 0 Å². The van der Waals surface area contributed by atoms with E-state index in [9.17, 15) is 4.79 Å². The van der Waals surface area contributed by atoms with Crippen LogP contribution in [0, 0.1) is 0 Å². The van der Waals surface area contributed by atoms with Crippen LogP contribution in [-0.4, -0.2) is 29.7 Å². The van der Waals surface area contributed by atoms with E-state index in [0.717, 1.165) is 0 Å². The highest BCUT2D eigenvalue weighted by atomic mass is 16.5. The van der Waals surface area contributed by atoms with Gasteiger partial charge in [-0.15, -0.1) is 0 Å². The minimum Gasteiger partial charge on any atom is -0.464 e. The maximum absolute atomic E-state index is 11.1. The van der Waals surface area contributed by atoms with E-state index in [4.69, 9.17) is 4.74 Å². The number of ether oxygens (including phenoxy) is 2. The van der Waals surface area contributed by atoms with E-state index in [-0.39, 0.29) is 5.69 Å². The van der Waals surface area contributed by atoms with Gasteiger partial charge in [0.25, 0.3) is 0 Å². The minimum absolute atomic E-state index is 0.247. The van der Waals surface area contributed by atoms with Gasteiger partial charge < -0.3 is 9.47 Å². The van der Waals surface area contributed by atoms with Gasteiger partial charge in [-0.25, -0.2) is 14.8 Å². The predicted molar refractivity (Wildman–Crippen MR) is 48.7 cm³/mol. The summed E-state index contributed by atoms with van der Waals surface area (Å²) in [4.78, 5) is 18.8. The van der Waals surface area contributed by atoms with Crippen LogP contribution in [0.15, 0.2) is 12.4 Å². The topological polar surface area (TPSA) is 61.3 Å². The van der Waals surface area contributed by atoms with E-state index < -0.39 is 5.97 Å². The van der Waals surface area contributed by atoms with Gasteiger partial charge in [0.15, 0.2) is 5.69 Å². The van der Waals surface area contributed by atoms with Gasteiger partial charge in [-0.05, 0) is 13.0 Å². The van der Waals surface area contributed by atoms with E-state index in [1.54, 1.807) is 6.07 Å². The SMILES string of the molecule is CCOCc1cc(C(=O)OC)ncn1. The average molecular weight is 196 g/mol. The Bertz CT molecular complexity index is 315. The second-order valence-corrected chi connectivity index (χ2v) is 2.52. The van der Waals surface area contributed by atoms with E-state index >= 15 is 0 Å². The molecule has 0 atom stereocenters. The molecular weight excluding hydrogens is 184 g/mol. The van der Waals surface area contributed by atoms with Gasteiger partial charge in [0.1, 0.15) is 6.33 Å². The fraction of sp³-hybridized carbons (Fsp3) is 0.444. The Kier molecular flexibility index (Phi) is 4.00. The number of rotatable bonds is 4. The van der Waals surface area contributed by atoms with Crippen LogP contribution >= 0.6 is 0 Å². The van der Waals surface area contributed by atoms with Crippen LogP contribution in [0.5, 0.6) is 0 Å². The molecule has 5 heteroatoms. The smallest absolute Gasteiger partial charge is 0.356 e. The first-order valence-electron chi connectivity index (χ1n) is 4.25. The maximum Gasteiger partial charge on any atom is 0.356 e. The Morgan fingerprint density at radius 2 is 2.29 bits per heavy atom. The summed E-state index contributed by atoms with van der Waals surface area (Å²) >= 11 is 0. The molecule has 1 aromatic rings. The molecule has 0 aliphatic rings. The van der Waals surface area contributed by atoms with E-state index in [1.807, 2.05) is 6.92 Å². The Morgan fingerprint density at radius 3 is 2.93 bits per heavy atom. The molecule has 1 aromatic heterocycles. The number of hydrogen-bond acceptors (Lipinski definition) is 5. The molecule has 0 spiro atoms. The van der Waals surface area contributed by atoms with Crippen molar-refractivity contribution in [2.45, 2.75) is 13.5 Å². The standard InChI is InChI=1S/C9H12N2O3/c1-3-14-5-7-4-8(9(12)13-2)11-6-10-7/h4,6H,3,5H2,1-2H3. The molecule has 0 aromatic carbocycles. The number of aromatic nitrogens is 2.